The van der Waals surface area contributed by atoms with E-state index in [9.17, 15) is 4.79 Å². The molecule has 35 heavy (non-hydrogen) atoms. The number of unbranched alkanes of at least 4 members (excludes halogenated alkanes) is 1. The van der Waals surface area contributed by atoms with Gasteiger partial charge in [0.05, 0.1) is 17.7 Å². The van der Waals surface area contributed by atoms with Crippen molar-refractivity contribution in [2.45, 2.75) is 65.0 Å². The number of hydrogen-bond donors (Lipinski definition) is 1. The van der Waals surface area contributed by atoms with Crippen LogP contribution < -0.4 is 10.1 Å². The monoisotopic (exact) mass is 496 g/mol. The lowest BCUT2D eigenvalue weighted by Crippen LogP contribution is -2.53. The van der Waals surface area contributed by atoms with Gasteiger partial charge in [0.25, 0.3) is 0 Å². The van der Waals surface area contributed by atoms with Crippen LogP contribution in [-0.4, -0.2) is 43.3 Å². The second-order valence-electron chi connectivity index (χ2n) is 11.1. The number of nitrogens with zero attached hydrogens (tertiary/aromatic N) is 1. The van der Waals surface area contributed by atoms with Gasteiger partial charge in [-0.05, 0) is 84.5 Å². The van der Waals surface area contributed by atoms with Crippen molar-refractivity contribution >= 4 is 17.7 Å². The zero-order valence-corrected chi connectivity index (χ0v) is 21.9. The van der Waals surface area contributed by atoms with Gasteiger partial charge in [-0.25, -0.2) is 4.79 Å². The number of nitrogens with one attached hydrogen (secondary N) is 1. The largest absolute Gasteiger partial charge is 0.492 e. The number of ether oxygens (including phenoxy) is 2. The Balaban J connectivity index is 1.29. The maximum atomic E-state index is 12.9. The normalized spacial score (nSPS) is 26.3. The third kappa shape index (κ3) is 5.17. The molecule has 5 nitrogen and oxygen atoms in total. The van der Waals surface area contributed by atoms with E-state index in [2.05, 4.69) is 55.3 Å². The summed E-state index contributed by atoms with van der Waals surface area (Å²) >= 11 is 6.52. The van der Waals surface area contributed by atoms with Gasteiger partial charge in [0.2, 0.25) is 0 Å². The molecule has 3 saturated heterocycles. The summed E-state index contributed by atoms with van der Waals surface area (Å²) in [6, 6.07) is 12.4. The molecule has 3 heterocycles. The maximum absolute atomic E-state index is 12.9. The van der Waals surface area contributed by atoms with Gasteiger partial charge < -0.3 is 14.8 Å². The Labute approximate surface area is 214 Å². The van der Waals surface area contributed by atoms with Gasteiger partial charge in [0, 0.05) is 6.54 Å². The Morgan fingerprint density at radius 1 is 1.14 bits per heavy atom. The molecule has 0 aromatic heterocycles. The van der Waals surface area contributed by atoms with E-state index in [1.807, 2.05) is 12.1 Å². The standard InChI is InChI=1S/C29H37ClN2O3/c1-4-5-14-34-25-9-7-21(16-24(25)30)20-6-8-23-22(15-20)17-29(2,3)27(23)31-28(33)35-26-18-32-12-10-19(26)11-13-32/h6-9,15-16,19,26-27H,4-5,10-14,17-18H2,1-3H3,(H,31,33)/t26-,27-/m0/s1. The second kappa shape index (κ2) is 10.0. The molecule has 2 bridgehead atoms. The van der Waals surface area contributed by atoms with Crippen LogP contribution in [0.2, 0.25) is 5.02 Å². The van der Waals surface area contributed by atoms with Crippen LogP contribution in [0.3, 0.4) is 0 Å². The Kier molecular flexibility index (Phi) is 7.00. The molecule has 188 valence electrons. The molecule has 2 aromatic rings. The molecule has 3 fully saturated rings. The second-order valence-corrected chi connectivity index (χ2v) is 11.5. The van der Waals surface area contributed by atoms with Gasteiger partial charge in [0.1, 0.15) is 11.9 Å². The Bertz CT molecular complexity index is 1080. The maximum Gasteiger partial charge on any atom is 0.407 e. The number of piperidine rings is 3. The number of carbonyl (C=O) groups excluding carboxylic acids is 1. The van der Waals surface area contributed by atoms with Crippen LogP contribution in [-0.2, 0) is 11.2 Å². The number of halogens is 1. The van der Waals surface area contributed by atoms with Gasteiger partial charge in [-0.15, -0.1) is 0 Å². The summed E-state index contributed by atoms with van der Waals surface area (Å²) in [5.74, 6) is 1.24. The van der Waals surface area contributed by atoms with Gasteiger partial charge in [-0.1, -0.05) is 63.1 Å². The van der Waals surface area contributed by atoms with Crippen molar-refractivity contribution in [2.75, 3.05) is 26.2 Å². The number of benzene rings is 2. The summed E-state index contributed by atoms with van der Waals surface area (Å²) in [5, 5.41) is 3.85. The van der Waals surface area contributed by atoms with Crippen molar-refractivity contribution in [1.29, 1.82) is 0 Å². The molecule has 4 aliphatic rings. The van der Waals surface area contributed by atoms with Crippen LogP contribution in [0.25, 0.3) is 11.1 Å². The first-order valence-corrected chi connectivity index (χ1v) is 13.5. The SMILES string of the molecule is CCCCOc1ccc(-c2ccc3c(c2)CC(C)(C)[C@H]3NC(=O)O[C@H]2CN3CCC2CC3)cc1Cl. The lowest BCUT2D eigenvalue weighted by Gasteiger charge is -2.44. The first-order chi connectivity index (χ1) is 16.8. The molecule has 0 spiro atoms. The molecular formula is C29H37ClN2O3. The van der Waals surface area contributed by atoms with Crippen LogP contribution >= 0.6 is 11.6 Å². The van der Waals surface area contributed by atoms with Crippen LogP contribution in [0.1, 0.15) is 63.6 Å². The molecule has 1 N–H and O–H groups in total. The highest BCUT2D eigenvalue weighted by Crippen LogP contribution is 2.46. The topological polar surface area (TPSA) is 50.8 Å². The van der Waals surface area contributed by atoms with Crippen LogP contribution in [0.5, 0.6) is 5.75 Å². The summed E-state index contributed by atoms with van der Waals surface area (Å²) in [6.07, 6.45) is 5.00. The predicted octanol–water partition coefficient (Wildman–Crippen LogP) is 6.63. The molecule has 0 saturated carbocycles. The number of carbonyl (C=O) groups is 1. The third-order valence-corrected chi connectivity index (χ3v) is 8.31. The fourth-order valence-electron chi connectivity index (χ4n) is 5.96. The number of amides is 1. The van der Waals surface area contributed by atoms with E-state index in [1.54, 1.807) is 0 Å². The third-order valence-electron chi connectivity index (χ3n) is 8.02. The lowest BCUT2D eigenvalue weighted by atomic mass is 9.85. The smallest absolute Gasteiger partial charge is 0.407 e. The average molecular weight is 497 g/mol. The van der Waals surface area contributed by atoms with Gasteiger partial charge in [0.15, 0.2) is 0 Å². The van der Waals surface area contributed by atoms with Gasteiger partial charge >= 0.3 is 6.09 Å². The number of rotatable bonds is 7. The minimum absolute atomic E-state index is 0.0162. The fraction of sp³-hybridized carbons (Fsp3) is 0.552. The summed E-state index contributed by atoms with van der Waals surface area (Å²) < 4.78 is 11.7. The quantitative estimate of drug-likeness (QED) is 0.437. The molecule has 1 aliphatic carbocycles. The van der Waals surface area contributed by atoms with E-state index in [0.29, 0.717) is 17.5 Å². The molecule has 2 atom stereocenters. The van der Waals surface area contributed by atoms with E-state index >= 15 is 0 Å². The highest BCUT2D eigenvalue weighted by atomic mass is 35.5. The molecular weight excluding hydrogens is 460 g/mol. The highest BCUT2D eigenvalue weighted by molar-refractivity contribution is 6.32. The molecule has 3 aliphatic heterocycles. The first-order valence-electron chi connectivity index (χ1n) is 13.1. The molecule has 6 heteroatoms. The average Bonchev–Trinajstić information content (AvgIpc) is 3.09. The van der Waals surface area contributed by atoms with Crippen molar-refractivity contribution < 1.29 is 14.3 Å². The minimum Gasteiger partial charge on any atom is -0.492 e. The zero-order valence-electron chi connectivity index (χ0n) is 21.1. The molecule has 1 amide bonds. The van der Waals surface area contributed by atoms with E-state index in [-0.39, 0.29) is 23.7 Å². The van der Waals surface area contributed by atoms with E-state index in [1.165, 1.54) is 11.1 Å². The molecule has 6 rings (SSSR count). The van der Waals surface area contributed by atoms with Crippen LogP contribution in [0, 0.1) is 11.3 Å². The number of alkyl carbamates (subject to hydrolysis) is 1. The van der Waals surface area contributed by atoms with Crippen molar-refractivity contribution in [3.8, 4) is 16.9 Å². The Morgan fingerprint density at radius 2 is 1.89 bits per heavy atom. The van der Waals surface area contributed by atoms with Gasteiger partial charge in [-0.2, -0.15) is 0 Å². The van der Waals surface area contributed by atoms with Crippen molar-refractivity contribution in [3.63, 3.8) is 0 Å². The Morgan fingerprint density at radius 3 is 2.57 bits per heavy atom. The summed E-state index contributed by atoms with van der Waals surface area (Å²) in [4.78, 5) is 15.3. The van der Waals surface area contributed by atoms with Crippen LogP contribution in [0.4, 0.5) is 4.79 Å². The van der Waals surface area contributed by atoms with Crippen molar-refractivity contribution in [3.05, 3.63) is 52.5 Å². The van der Waals surface area contributed by atoms with Crippen molar-refractivity contribution in [1.82, 2.24) is 10.2 Å². The van der Waals surface area contributed by atoms with E-state index in [4.69, 9.17) is 21.1 Å². The lowest BCUT2D eigenvalue weighted by molar-refractivity contribution is -0.0348. The summed E-state index contributed by atoms with van der Waals surface area (Å²) in [6.45, 7) is 10.4. The minimum atomic E-state index is -0.288. The highest BCUT2D eigenvalue weighted by Gasteiger charge is 2.42. The summed E-state index contributed by atoms with van der Waals surface area (Å²) in [5.41, 5.74) is 4.54. The van der Waals surface area contributed by atoms with E-state index < -0.39 is 0 Å². The Hall–Kier alpha value is -2.24. The molecule has 2 aromatic carbocycles. The van der Waals surface area contributed by atoms with Gasteiger partial charge in [-0.3, -0.25) is 4.90 Å². The molecule has 0 radical (unpaired) electrons. The fourth-order valence-corrected chi connectivity index (χ4v) is 6.20. The van der Waals surface area contributed by atoms with Crippen molar-refractivity contribution in [2.24, 2.45) is 11.3 Å². The number of fused-ring (bicyclic) bond motifs is 4. The predicted molar refractivity (Wildman–Crippen MR) is 140 cm³/mol. The zero-order chi connectivity index (χ0) is 24.6. The number of hydrogen-bond acceptors (Lipinski definition) is 4. The first kappa shape index (κ1) is 24.5. The summed E-state index contributed by atoms with van der Waals surface area (Å²) in [7, 11) is 0. The van der Waals surface area contributed by atoms with E-state index in [0.717, 1.165) is 68.6 Å². The van der Waals surface area contributed by atoms with Crippen LogP contribution in [0.15, 0.2) is 36.4 Å². The molecule has 0 unspecified atom stereocenters.